The van der Waals surface area contributed by atoms with Crippen molar-refractivity contribution < 1.29 is 27.4 Å². The summed E-state index contributed by atoms with van der Waals surface area (Å²) in [6, 6.07) is 5.34. The van der Waals surface area contributed by atoms with E-state index in [9.17, 15) is 17.9 Å². The lowest BCUT2D eigenvalue weighted by Gasteiger charge is -2.37. The second-order valence-electron chi connectivity index (χ2n) is 6.39. The molecule has 1 heterocycles. The zero-order valence-electron chi connectivity index (χ0n) is 16.8. The highest BCUT2D eigenvalue weighted by molar-refractivity contribution is 7.76. The summed E-state index contributed by atoms with van der Waals surface area (Å²) in [6.45, 7) is 4.33. The Morgan fingerprint density at radius 3 is 2.47 bits per heavy atom. The van der Waals surface area contributed by atoms with Crippen LogP contribution in [0.2, 0.25) is 0 Å². The lowest BCUT2D eigenvalue weighted by Crippen LogP contribution is -2.47. The zero-order valence-corrected chi connectivity index (χ0v) is 17.6. The van der Waals surface area contributed by atoms with Crippen LogP contribution in [0, 0.1) is 11.2 Å². The average Bonchev–Trinajstić information content (AvgIpc) is 2.73. The molecule has 0 bridgehead atoms. The molecule has 1 aliphatic rings. The van der Waals surface area contributed by atoms with Crippen molar-refractivity contribution in [1.29, 1.82) is 5.41 Å². The van der Waals surface area contributed by atoms with Crippen LogP contribution < -0.4 is 5.32 Å². The molecule has 9 nitrogen and oxygen atoms in total. The molecule has 0 saturated carbocycles. The maximum Gasteiger partial charge on any atom is 0.250 e. The molecule has 0 spiro atoms. The lowest BCUT2D eigenvalue weighted by molar-refractivity contribution is -0.112. The normalized spacial score (nSPS) is 16.4. The summed E-state index contributed by atoms with van der Waals surface area (Å²) in [6.07, 6.45) is 1.28. The van der Waals surface area contributed by atoms with Crippen molar-refractivity contribution in [3.8, 4) is 0 Å². The molecule has 166 valence electrons. The molecule has 2 rings (SSSR count). The fourth-order valence-electron chi connectivity index (χ4n) is 2.79. The third-order valence-corrected chi connectivity index (χ3v) is 5.09. The van der Waals surface area contributed by atoms with Gasteiger partial charge in [0.05, 0.1) is 31.2 Å². The number of carbonyl (C=O) groups is 1. The third-order valence-electron chi connectivity index (χ3n) is 4.30. The number of piperazine rings is 1. The number of nitrogens with zero attached hydrogens (tertiary/aromatic N) is 2. The van der Waals surface area contributed by atoms with Gasteiger partial charge in [-0.1, -0.05) is 0 Å². The minimum absolute atomic E-state index is 0.0174. The van der Waals surface area contributed by atoms with Crippen LogP contribution in [-0.2, 0) is 25.5 Å². The molecule has 0 aromatic heterocycles. The maximum absolute atomic E-state index is 13.0. The van der Waals surface area contributed by atoms with Crippen molar-refractivity contribution in [3.05, 3.63) is 41.9 Å². The molecule has 1 unspecified atom stereocenters. The highest BCUT2D eigenvalue weighted by Crippen LogP contribution is 2.14. The molecule has 1 aromatic rings. The minimum atomic E-state index is -2.30. The van der Waals surface area contributed by atoms with Gasteiger partial charge in [0, 0.05) is 55.8 Å². The number of hydrogen-bond acceptors (Lipinski definition) is 7. The number of nitrogens with one attached hydrogen (secondary N) is 2. The summed E-state index contributed by atoms with van der Waals surface area (Å²) in [4.78, 5) is 14.2. The fourth-order valence-corrected chi connectivity index (χ4v) is 3.25. The summed E-state index contributed by atoms with van der Waals surface area (Å²) < 4.78 is 47.2. The van der Waals surface area contributed by atoms with Gasteiger partial charge in [-0.05, 0) is 31.2 Å². The van der Waals surface area contributed by atoms with E-state index in [2.05, 4.69) is 5.32 Å². The van der Waals surface area contributed by atoms with E-state index in [0.29, 0.717) is 44.3 Å². The van der Waals surface area contributed by atoms with Gasteiger partial charge in [-0.25, -0.2) is 8.70 Å². The number of anilines is 1. The van der Waals surface area contributed by atoms with Gasteiger partial charge >= 0.3 is 0 Å². The Balaban J connectivity index is 2.06. The van der Waals surface area contributed by atoms with Crippen molar-refractivity contribution >= 4 is 28.6 Å². The topological polar surface area (TPSA) is 118 Å². The Labute approximate surface area is 177 Å². The summed E-state index contributed by atoms with van der Waals surface area (Å²) in [5, 5.41) is 11.0. The van der Waals surface area contributed by atoms with E-state index in [-0.39, 0.29) is 25.4 Å². The van der Waals surface area contributed by atoms with Crippen LogP contribution in [0.5, 0.6) is 0 Å². The highest BCUT2D eigenvalue weighted by Gasteiger charge is 2.22. The van der Waals surface area contributed by atoms with Gasteiger partial charge in [0.2, 0.25) is 0 Å². The van der Waals surface area contributed by atoms with E-state index in [1.807, 2.05) is 6.92 Å². The molecule has 1 fully saturated rings. The monoisotopic (exact) mass is 441 g/mol. The number of rotatable bonds is 11. The fraction of sp³-hybridized carbons (Fsp3) is 0.474. The van der Waals surface area contributed by atoms with E-state index >= 15 is 0 Å². The minimum Gasteiger partial charge on any atom is -0.760 e. The third kappa shape index (κ3) is 7.92. The molecule has 0 radical (unpaired) electrons. The lowest BCUT2D eigenvalue weighted by atomic mass is 10.2. The zero-order chi connectivity index (χ0) is 21.9. The van der Waals surface area contributed by atoms with Gasteiger partial charge in [0.1, 0.15) is 5.82 Å². The van der Waals surface area contributed by atoms with Crippen molar-refractivity contribution in [1.82, 2.24) is 9.21 Å². The molecule has 1 aliphatic heterocycles. The highest BCUT2D eigenvalue weighted by atomic mass is 32.2. The van der Waals surface area contributed by atoms with Gasteiger partial charge in [0.15, 0.2) is 0 Å². The van der Waals surface area contributed by atoms with Crippen molar-refractivity contribution in [2.24, 2.45) is 0 Å². The molecule has 0 aliphatic carbocycles. The smallest absolute Gasteiger partial charge is 0.250 e. The Kier molecular flexibility index (Phi) is 10.0. The van der Waals surface area contributed by atoms with Crippen LogP contribution >= 0.6 is 0 Å². The second kappa shape index (κ2) is 12.5. The van der Waals surface area contributed by atoms with Crippen LogP contribution in [-0.4, -0.2) is 82.2 Å². The van der Waals surface area contributed by atoms with Crippen LogP contribution in [0.15, 0.2) is 36.0 Å². The standard InChI is InChI=1S/C19H27FN4O5S/c1-2-28-11-12-29-14-17(21)18(23-7-9-24(10-8-23)30(26)27)13-19(25)22-16-5-3-15(20)4-6-16/h3-6,13,21H,2,7-12,14H2,1H3,(H,22,25)(H,26,27)/p-1/b18-13+,21-17?. The van der Waals surface area contributed by atoms with E-state index in [4.69, 9.17) is 14.9 Å². The molecule has 30 heavy (non-hydrogen) atoms. The molecule has 1 aromatic carbocycles. The molecular formula is C19H26FN4O5S-. The summed E-state index contributed by atoms with van der Waals surface area (Å²) in [5.41, 5.74) is 0.864. The first kappa shape index (κ1) is 24.1. The number of carbonyl (C=O) groups excluding carboxylic acids is 1. The SMILES string of the molecule is CCOCCOCC(=N)/C(=C\C(=O)Nc1ccc(F)cc1)N1CCN(S(=O)[O-])CC1. The van der Waals surface area contributed by atoms with Crippen molar-refractivity contribution in [2.45, 2.75) is 6.92 Å². The number of benzene rings is 1. The van der Waals surface area contributed by atoms with Gasteiger partial charge in [-0.3, -0.25) is 9.00 Å². The molecule has 1 atom stereocenters. The average molecular weight is 442 g/mol. The number of hydrogen-bond donors (Lipinski definition) is 2. The summed E-state index contributed by atoms with van der Waals surface area (Å²) >= 11 is -2.30. The van der Waals surface area contributed by atoms with Gasteiger partial charge in [0.25, 0.3) is 5.91 Å². The molecule has 1 saturated heterocycles. The summed E-state index contributed by atoms with van der Waals surface area (Å²) in [7, 11) is 0. The molecule has 2 N–H and O–H groups in total. The molecule has 11 heteroatoms. The predicted molar refractivity (Wildman–Crippen MR) is 110 cm³/mol. The van der Waals surface area contributed by atoms with E-state index in [1.54, 1.807) is 4.90 Å². The quantitative estimate of drug-likeness (QED) is 0.230. The maximum atomic E-state index is 13.0. The first-order valence-corrected chi connectivity index (χ1v) is 10.5. The Morgan fingerprint density at radius 1 is 1.23 bits per heavy atom. The van der Waals surface area contributed by atoms with Crippen LogP contribution in [0.25, 0.3) is 0 Å². The largest absolute Gasteiger partial charge is 0.760 e. The van der Waals surface area contributed by atoms with Crippen molar-refractivity contribution in [2.75, 3.05) is 57.9 Å². The van der Waals surface area contributed by atoms with E-state index in [0.717, 1.165) is 0 Å². The van der Waals surface area contributed by atoms with Crippen LogP contribution in [0.3, 0.4) is 0 Å². The van der Waals surface area contributed by atoms with E-state index < -0.39 is 23.0 Å². The van der Waals surface area contributed by atoms with Gasteiger partial charge in [-0.15, -0.1) is 0 Å². The first-order chi connectivity index (χ1) is 14.4. The van der Waals surface area contributed by atoms with E-state index in [1.165, 1.54) is 34.6 Å². The number of ether oxygens (including phenoxy) is 2. The predicted octanol–water partition coefficient (Wildman–Crippen LogP) is 1.13. The Morgan fingerprint density at radius 2 is 1.87 bits per heavy atom. The van der Waals surface area contributed by atoms with Crippen LogP contribution in [0.1, 0.15) is 6.92 Å². The molecule has 1 amide bonds. The summed E-state index contributed by atoms with van der Waals surface area (Å²) in [5.74, 6) is -0.894. The van der Waals surface area contributed by atoms with Crippen molar-refractivity contribution in [3.63, 3.8) is 0 Å². The Hall–Kier alpha value is -2.18. The van der Waals surface area contributed by atoms with Gasteiger partial charge < -0.3 is 29.7 Å². The number of halogens is 1. The number of amides is 1. The van der Waals surface area contributed by atoms with Crippen LogP contribution in [0.4, 0.5) is 10.1 Å². The Bertz CT molecular complexity index is 767. The van der Waals surface area contributed by atoms with Gasteiger partial charge in [-0.2, -0.15) is 0 Å². The molecular weight excluding hydrogens is 415 g/mol. The first-order valence-electron chi connectivity index (χ1n) is 9.51. The second-order valence-corrected chi connectivity index (χ2v) is 7.34.